The molecular formula is C12H16ClNO2S. The van der Waals surface area contributed by atoms with Gasteiger partial charge >= 0.3 is 0 Å². The molecule has 1 aliphatic heterocycles. The Morgan fingerprint density at radius 3 is 2.18 bits per heavy atom. The number of sulfonamides is 1. The minimum atomic E-state index is -3.41. The Morgan fingerprint density at radius 1 is 1.00 bits per heavy atom. The third-order valence-electron chi connectivity index (χ3n) is 3.02. The number of hydrogen-bond acceptors (Lipinski definition) is 2. The molecule has 17 heavy (non-hydrogen) atoms. The van der Waals surface area contributed by atoms with Gasteiger partial charge in [-0.05, 0) is 25.0 Å². The molecule has 1 saturated heterocycles. The predicted octanol–water partition coefficient (Wildman–Crippen LogP) is 2.90. The van der Waals surface area contributed by atoms with Crippen LogP contribution in [0, 0.1) is 0 Å². The Labute approximate surface area is 107 Å². The van der Waals surface area contributed by atoms with Gasteiger partial charge in [0.2, 0.25) is 10.0 Å². The first-order chi connectivity index (χ1) is 8.12. The first-order valence-corrected chi connectivity index (χ1v) is 7.69. The quantitative estimate of drug-likeness (QED) is 0.831. The lowest BCUT2D eigenvalue weighted by Gasteiger charge is -2.20. The fourth-order valence-electron chi connectivity index (χ4n) is 2.08. The van der Waals surface area contributed by atoms with E-state index in [-0.39, 0.29) is 4.90 Å². The topological polar surface area (TPSA) is 37.4 Å². The summed E-state index contributed by atoms with van der Waals surface area (Å²) >= 11 is 5.96. The monoisotopic (exact) mass is 273 g/mol. The molecule has 0 unspecified atom stereocenters. The van der Waals surface area contributed by atoms with Gasteiger partial charge in [-0.25, -0.2) is 8.42 Å². The molecule has 1 aliphatic rings. The Hall–Kier alpha value is -0.580. The normalized spacial score (nSPS) is 18.9. The molecule has 0 bridgehead atoms. The second-order valence-electron chi connectivity index (χ2n) is 4.25. The van der Waals surface area contributed by atoms with E-state index < -0.39 is 10.0 Å². The standard InChI is InChI=1S/C12H16ClNO2S/c13-11-7-3-4-8-12(11)17(15,16)14-9-5-1-2-6-10-14/h3-4,7-8H,1-2,5-6,9-10H2. The summed E-state index contributed by atoms with van der Waals surface area (Å²) in [7, 11) is -3.41. The lowest BCUT2D eigenvalue weighted by Crippen LogP contribution is -2.32. The Kier molecular flexibility index (Phi) is 4.07. The van der Waals surface area contributed by atoms with Gasteiger partial charge in [0.25, 0.3) is 0 Å². The highest BCUT2D eigenvalue weighted by Crippen LogP contribution is 2.25. The molecule has 1 heterocycles. The smallest absolute Gasteiger partial charge is 0.207 e. The average Bonchev–Trinajstić information content (AvgIpc) is 2.58. The van der Waals surface area contributed by atoms with Crippen molar-refractivity contribution in [1.82, 2.24) is 4.31 Å². The van der Waals surface area contributed by atoms with Crippen LogP contribution in [0.5, 0.6) is 0 Å². The fraction of sp³-hybridized carbons (Fsp3) is 0.500. The second-order valence-corrected chi connectivity index (χ2v) is 6.56. The summed E-state index contributed by atoms with van der Waals surface area (Å²) < 4.78 is 26.4. The zero-order chi connectivity index (χ0) is 12.3. The van der Waals surface area contributed by atoms with Gasteiger partial charge in [0, 0.05) is 13.1 Å². The molecule has 5 heteroatoms. The molecule has 0 atom stereocenters. The van der Waals surface area contributed by atoms with E-state index in [4.69, 9.17) is 11.6 Å². The van der Waals surface area contributed by atoms with Crippen molar-refractivity contribution in [1.29, 1.82) is 0 Å². The van der Waals surface area contributed by atoms with Gasteiger partial charge in [-0.15, -0.1) is 0 Å². The number of hydrogen-bond donors (Lipinski definition) is 0. The molecule has 0 aromatic heterocycles. The number of halogens is 1. The van der Waals surface area contributed by atoms with E-state index in [1.807, 2.05) is 0 Å². The first-order valence-electron chi connectivity index (χ1n) is 5.87. The molecule has 1 aromatic carbocycles. The van der Waals surface area contributed by atoms with Crippen LogP contribution in [0.25, 0.3) is 0 Å². The molecular weight excluding hydrogens is 258 g/mol. The van der Waals surface area contributed by atoms with E-state index in [1.54, 1.807) is 28.6 Å². The van der Waals surface area contributed by atoms with Crippen LogP contribution in [0.2, 0.25) is 5.02 Å². The summed E-state index contributed by atoms with van der Waals surface area (Å²) in [6.07, 6.45) is 4.08. The van der Waals surface area contributed by atoms with Gasteiger partial charge in [0.15, 0.2) is 0 Å². The van der Waals surface area contributed by atoms with Gasteiger partial charge in [-0.3, -0.25) is 0 Å². The summed E-state index contributed by atoms with van der Waals surface area (Å²) in [6.45, 7) is 1.21. The Balaban J connectivity index is 2.32. The van der Waals surface area contributed by atoms with Crippen LogP contribution < -0.4 is 0 Å². The van der Waals surface area contributed by atoms with Gasteiger partial charge < -0.3 is 0 Å². The first kappa shape index (κ1) is 12.9. The van der Waals surface area contributed by atoms with Gasteiger partial charge in [0.1, 0.15) is 4.90 Å². The number of benzene rings is 1. The molecule has 2 rings (SSSR count). The van der Waals surface area contributed by atoms with Crippen molar-refractivity contribution in [3.05, 3.63) is 29.3 Å². The van der Waals surface area contributed by atoms with Crippen LogP contribution in [-0.2, 0) is 10.0 Å². The van der Waals surface area contributed by atoms with Crippen LogP contribution in [-0.4, -0.2) is 25.8 Å². The molecule has 0 radical (unpaired) electrons. The summed E-state index contributed by atoms with van der Waals surface area (Å²) in [5.74, 6) is 0. The van der Waals surface area contributed by atoms with Crippen LogP contribution in [0.15, 0.2) is 29.2 Å². The second kappa shape index (κ2) is 5.38. The summed E-state index contributed by atoms with van der Waals surface area (Å²) in [5, 5.41) is 0.303. The van der Waals surface area contributed by atoms with Crippen molar-refractivity contribution in [2.24, 2.45) is 0 Å². The highest BCUT2D eigenvalue weighted by Gasteiger charge is 2.26. The fourth-order valence-corrected chi connectivity index (χ4v) is 4.09. The zero-order valence-corrected chi connectivity index (χ0v) is 11.2. The van der Waals surface area contributed by atoms with E-state index >= 15 is 0 Å². The lowest BCUT2D eigenvalue weighted by molar-refractivity contribution is 0.424. The van der Waals surface area contributed by atoms with Crippen molar-refractivity contribution in [2.45, 2.75) is 30.6 Å². The molecule has 1 fully saturated rings. The molecule has 0 spiro atoms. The van der Waals surface area contributed by atoms with Gasteiger partial charge in [-0.2, -0.15) is 4.31 Å². The maximum atomic E-state index is 12.4. The third-order valence-corrected chi connectivity index (χ3v) is 5.42. The van der Waals surface area contributed by atoms with Crippen molar-refractivity contribution in [3.63, 3.8) is 0 Å². The summed E-state index contributed by atoms with van der Waals surface area (Å²) in [6, 6.07) is 6.63. The largest absolute Gasteiger partial charge is 0.244 e. The summed E-state index contributed by atoms with van der Waals surface area (Å²) in [5.41, 5.74) is 0. The average molecular weight is 274 g/mol. The molecule has 0 N–H and O–H groups in total. The van der Waals surface area contributed by atoms with E-state index in [0.29, 0.717) is 18.1 Å². The van der Waals surface area contributed by atoms with Crippen LogP contribution in [0.3, 0.4) is 0 Å². The van der Waals surface area contributed by atoms with E-state index in [9.17, 15) is 8.42 Å². The van der Waals surface area contributed by atoms with E-state index in [0.717, 1.165) is 25.7 Å². The van der Waals surface area contributed by atoms with Crippen molar-refractivity contribution in [2.75, 3.05) is 13.1 Å². The minimum Gasteiger partial charge on any atom is -0.207 e. The predicted molar refractivity (Wildman–Crippen MR) is 68.7 cm³/mol. The SMILES string of the molecule is O=S(=O)(c1ccccc1Cl)N1CCCCCC1. The van der Waals surface area contributed by atoms with Crippen molar-refractivity contribution < 1.29 is 8.42 Å². The van der Waals surface area contributed by atoms with E-state index in [1.165, 1.54) is 0 Å². The molecule has 0 aliphatic carbocycles. The lowest BCUT2D eigenvalue weighted by atomic mass is 10.2. The van der Waals surface area contributed by atoms with E-state index in [2.05, 4.69) is 0 Å². The van der Waals surface area contributed by atoms with Crippen LogP contribution in [0.1, 0.15) is 25.7 Å². The highest BCUT2D eigenvalue weighted by molar-refractivity contribution is 7.89. The van der Waals surface area contributed by atoms with Crippen LogP contribution >= 0.6 is 11.6 Å². The maximum absolute atomic E-state index is 12.4. The van der Waals surface area contributed by atoms with Crippen molar-refractivity contribution >= 4 is 21.6 Å². The Morgan fingerprint density at radius 2 is 1.59 bits per heavy atom. The number of rotatable bonds is 2. The Bertz CT molecular complexity index is 479. The molecule has 0 saturated carbocycles. The highest BCUT2D eigenvalue weighted by atomic mass is 35.5. The third kappa shape index (κ3) is 2.81. The molecule has 94 valence electrons. The molecule has 0 amide bonds. The van der Waals surface area contributed by atoms with Gasteiger partial charge in [-0.1, -0.05) is 36.6 Å². The molecule has 1 aromatic rings. The minimum absolute atomic E-state index is 0.226. The number of nitrogens with zero attached hydrogens (tertiary/aromatic N) is 1. The maximum Gasteiger partial charge on any atom is 0.244 e. The zero-order valence-electron chi connectivity index (χ0n) is 9.60. The summed E-state index contributed by atoms with van der Waals surface area (Å²) in [4.78, 5) is 0.226. The molecule has 3 nitrogen and oxygen atoms in total. The van der Waals surface area contributed by atoms with Gasteiger partial charge in [0.05, 0.1) is 5.02 Å². The van der Waals surface area contributed by atoms with Crippen LogP contribution in [0.4, 0.5) is 0 Å². The van der Waals surface area contributed by atoms with Crippen molar-refractivity contribution in [3.8, 4) is 0 Å².